The molecule has 0 atom stereocenters. The number of nitriles is 1. The van der Waals surface area contributed by atoms with Gasteiger partial charge in [-0.25, -0.2) is 4.39 Å². The van der Waals surface area contributed by atoms with Gasteiger partial charge in [-0.3, -0.25) is 0 Å². The summed E-state index contributed by atoms with van der Waals surface area (Å²) >= 11 is 0. The molecule has 0 spiro atoms. The largest absolute Gasteiger partial charge is 0.497 e. The Morgan fingerprint density at radius 3 is 2.26 bits per heavy atom. The minimum absolute atomic E-state index is 0.466. The minimum Gasteiger partial charge on any atom is -0.497 e. The van der Waals surface area contributed by atoms with Crippen LogP contribution in [0.3, 0.4) is 0 Å². The highest BCUT2D eigenvalue weighted by Gasteiger charge is 2.06. The minimum atomic E-state index is -0.597. The maximum absolute atomic E-state index is 12.5. The van der Waals surface area contributed by atoms with Crippen LogP contribution in [-0.4, -0.2) is 13.8 Å². The normalized spacial score (nSPS) is 11.2. The van der Waals surface area contributed by atoms with Crippen molar-refractivity contribution in [3.63, 3.8) is 0 Å². The van der Waals surface area contributed by atoms with Crippen molar-refractivity contribution in [2.45, 2.75) is 20.8 Å². The van der Waals surface area contributed by atoms with Gasteiger partial charge in [-0.05, 0) is 36.3 Å². The van der Waals surface area contributed by atoms with Crippen LogP contribution in [0.25, 0.3) is 5.57 Å². The first-order valence-electron chi connectivity index (χ1n) is 6.24. The molecule has 2 nitrogen and oxygen atoms in total. The lowest BCUT2D eigenvalue weighted by Crippen LogP contribution is -1.90. The molecule has 0 saturated heterocycles. The Kier molecular flexibility index (Phi) is 8.82. The van der Waals surface area contributed by atoms with E-state index in [1.807, 2.05) is 13.8 Å². The van der Waals surface area contributed by atoms with Crippen LogP contribution in [0.2, 0.25) is 0 Å². The molecule has 19 heavy (non-hydrogen) atoms. The van der Waals surface area contributed by atoms with Gasteiger partial charge in [-0.15, -0.1) is 0 Å². The Bertz CT molecular complexity index is 467. The fourth-order valence-corrected chi connectivity index (χ4v) is 1.51. The number of benzene rings is 1. The molecule has 0 radical (unpaired) electrons. The van der Waals surface area contributed by atoms with Gasteiger partial charge in [0.1, 0.15) is 12.4 Å². The highest BCUT2D eigenvalue weighted by atomic mass is 19.1. The van der Waals surface area contributed by atoms with Gasteiger partial charge in [-0.2, -0.15) is 5.26 Å². The van der Waals surface area contributed by atoms with Crippen molar-refractivity contribution < 1.29 is 9.13 Å². The number of rotatable bonds is 4. The second-order valence-corrected chi connectivity index (χ2v) is 3.31. The van der Waals surface area contributed by atoms with Crippen LogP contribution in [0.1, 0.15) is 26.3 Å². The quantitative estimate of drug-likeness (QED) is 0.588. The van der Waals surface area contributed by atoms with Gasteiger partial charge in [0.15, 0.2) is 0 Å². The Hall–Kier alpha value is -2.08. The Morgan fingerprint density at radius 2 is 1.89 bits per heavy atom. The van der Waals surface area contributed by atoms with E-state index in [0.717, 1.165) is 11.3 Å². The van der Waals surface area contributed by atoms with Gasteiger partial charge in [0.25, 0.3) is 0 Å². The maximum atomic E-state index is 12.5. The van der Waals surface area contributed by atoms with Gasteiger partial charge in [-0.1, -0.05) is 32.1 Å². The lowest BCUT2D eigenvalue weighted by Gasteiger charge is -2.07. The molecule has 0 bridgehead atoms. The number of hydrogen-bond donors (Lipinski definition) is 0. The van der Waals surface area contributed by atoms with Gasteiger partial charge < -0.3 is 4.74 Å². The van der Waals surface area contributed by atoms with Crippen molar-refractivity contribution in [3.8, 4) is 11.8 Å². The van der Waals surface area contributed by atoms with Crippen LogP contribution < -0.4 is 4.74 Å². The Morgan fingerprint density at radius 1 is 1.32 bits per heavy atom. The first-order chi connectivity index (χ1) is 9.26. The number of nitrogens with zero attached hydrogens (tertiary/aromatic N) is 1. The lowest BCUT2D eigenvalue weighted by atomic mass is 9.98. The van der Waals surface area contributed by atoms with Gasteiger partial charge >= 0.3 is 0 Å². The maximum Gasteiger partial charge on any atom is 0.118 e. The summed E-state index contributed by atoms with van der Waals surface area (Å²) in [6.45, 7) is 5.16. The zero-order chi connectivity index (χ0) is 14.7. The topological polar surface area (TPSA) is 33.0 Å². The van der Waals surface area contributed by atoms with Gasteiger partial charge in [0, 0.05) is 0 Å². The van der Waals surface area contributed by atoms with Crippen LogP contribution in [0.5, 0.6) is 5.75 Å². The summed E-state index contributed by atoms with van der Waals surface area (Å²) in [5, 5.41) is 8.98. The van der Waals surface area contributed by atoms with Crippen LogP contribution in [-0.2, 0) is 0 Å². The molecule has 0 aliphatic carbocycles. The molecule has 0 saturated carbocycles. The number of halogens is 1. The van der Waals surface area contributed by atoms with Crippen molar-refractivity contribution in [1.29, 1.82) is 5.26 Å². The molecule has 1 aromatic carbocycles. The zero-order valence-corrected chi connectivity index (χ0v) is 11.9. The van der Waals surface area contributed by atoms with E-state index < -0.39 is 6.67 Å². The van der Waals surface area contributed by atoms with E-state index in [0.29, 0.717) is 11.1 Å². The SMILES string of the molecule is C/C=C(C#N)\C(=C/CF)c1ccc(OC)cc1.CC. The summed E-state index contributed by atoms with van der Waals surface area (Å²) < 4.78 is 17.5. The molecule has 102 valence electrons. The molecule has 1 aromatic rings. The summed E-state index contributed by atoms with van der Waals surface area (Å²) in [5.74, 6) is 0.729. The summed E-state index contributed by atoms with van der Waals surface area (Å²) in [6, 6.07) is 9.24. The standard InChI is InChI=1S/C14H14FNO.C2H6/c1-3-11(10-16)14(8-9-15)12-4-6-13(17-2)7-5-12;1-2/h3-8H,9H2,1-2H3;1-2H3/b11-3-,14-8+;. The number of alkyl halides is 1. The second kappa shape index (κ2) is 9.90. The molecule has 3 heteroatoms. The molecule has 1 rings (SSSR count). The smallest absolute Gasteiger partial charge is 0.118 e. The lowest BCUT2D eigenvalue weighted by molar-refractivity contribution is 0.415. The van der Waals surface area contributed by atoms with Gasteiger partial charge in [0.2, 0.25) is 0 Å². The first kappa shape index (κ1) is 16.9. The number of hydrogen-bond acceptors (Lipinski definition) is 2. The van der Waals surface area contributed by atoms with Crippen LogP contribution in [0.4, 0.5) is 4.39 Å². The predicted molar refractivity (Wildman–Crippen MR) is 77.7 cm³/mol. The molecular weight excluding hydrogens is 241 g/mol. The zero-order valence-electron chi connectivity index (χ0n) is 11.9. The van der Waals surface area contributed by atoms with Crippen molar-refractivity contribution in [2.75, 3.05) is 13.8 Å². The monoisotopic (exact) mass is 261 g/mol. The number of methoxy groups -OCH3 is 1. The van der Waals surface area contributed by atoms with Gasteiger partial charge in [0.05, 0.1) is 18.8 Å². The number of ether oxygens (including phenoxy) is 1. The van der Waals surface area contributed by atoms with Crippen molar-refractivity contribution in [2.24, 2.45) is 0 Å². The molecule has 0 aliphatic rings. The summed E-state index contributed by atoms with van der Waals surface area (Å²) in [6.07, 6.45) is 3.08. The predicted octanol–water partition coefficient (Wildman–Crippen LogP) is 4.54. The highest BCUT2D eigenvalue weighted by Crippen LogP contribution is 2.24. The van der Waals surface area contributed by atoms with E-state index >= 15 is 0 Å². The van der Waals surface area contributed by atoms with E-state index in [-0.39, 0.29) is 0 Å². The average molecular weight is 261 g/mol. The molecule has 0 amide bonds. The molecule has 0 fully saturated rings. The number of allylic oxidation sites excluding steroid dienone is 4. The first-order valence-corrected chi connectivity index (χ1v) is 6.24. The average Bonchev–Trinajstić information content (AvgIpc) is 2.50. The molecule has 0 aromatic heterocycles. The second-order valence-electron chi connectivity index (χ2n) is 3.31. The molecule has 0 aliphatic heterocycles. The van der Waals surface area contributed by atoms with E-state index in [9.17, 15) is 4.39 Å². The fourth-order valence-electron chi connectivity index (χ4n) is 1.51. The summed E-state index contributed by atoms with van der Waals surface area (Å²) in [5.41, 5.74) is 1.88. The van der Waals surface area contributed by atoms with Crippen molar-refractivity contribution in [1.82, 2.24) is 0 Å². The molecule has 0 unspecified atom stereocenters. The third-order valence-corrected chi connectivity index (χ3v) is 2.38. The van der Waals surface area contributed by atoms with Crippen LogP contribution in [0, 0.1) is 11.3 Å². The van der Waals surface area contributed by atoms with Crippen LogP contribution in [0.15, 0.2) is 42.0 Å². The Balaban J connectivity index is 0.00000154. The summed E-state index contributed by atoms with van der Waals surface area (Å²) in [4.78, 5) is 0. The van der Waals surface area contributed by atoms with E-state index in [1.165, 1.54) is 6.08 Å². The van der Waals surface area contributed by atoms with Crippen molar-refractivity contribution in [3.05, 3.63) is 47.6 Å². The summed E-state index contributed by atoms with van der Waals surface area (Å²) in [7, 11) is 1.58. The Labute approximate surface area is 114 Å². The van der Waals surface area contributed by atoms with E-state index in [4.69, 9.17) is 10.00 Å². The van der Waals surface area contributed by atoms with E-state index in [2.05, 4.69) is 6.07 Å². The molecule has 0 N–H and O–H groups in total. The third-order valence-electron chi connectivity index (χ3n) is 2.38. The highest BCUT2D eigenvalue weighted by molar-refractivity contribution is 5.82. The van der Waals surface area contributed by atoms with Crippen molar-refractivity contribution >= 4 is 5.57 Å². The molecule has 0 heterocycles. The van der Waals surface area contributed by atoms with E-state index in [1.54, 1.807) is 44.4 Å². The third kappa shape index (κ3) is 4.97. The van der Waals surface area contributed by atoms with Crippen LogP contribution >= 0.6 is 0 Å². The fraction of sp³-hybridized carbons (Fsp3) is 0.312. The molecular formula is C16H20FNO.